The second-order valence-electron chi connectivity index (χ2n) is 6.59. The van der Waals surface area contributed by atoms with Crippen molar-refractivity contribution in [1.82, 2.24) is 19.9 Å². The molecule has 1 atom stereocenters. The molecule has 9 nitrogen and oxygen atoms in total. The van der Waals surface area contributed by atoms with Crippen LogP contribution in [-0.4, -0.2) is 65.2 Å². The minimum Gasteiger partial charge on any atom is -0.497 e. The Labute approximate surface area is 163 Å². The summed E-state index contributed by atoms with van der Waals surface area (Å²) in [6, 6.07) is 6.82. The molecule has 0 aliphatic carbocycles. The van der Waals surface area contributed by atoms with E-state index in [0.717, 1.165) is 11.3 Å². The number of aromatic nitrogens is 2. The van der Waals surface area contributed by atoms with Crippen molar-refractivity contribution in [2.75, 3.05) is 27.4 Å². The molecule has 0 radical (unpaired) electrons. The van der Waals surface area contributed by atoms with Crippen LogP contribution >= 0.6 is 0 Å². The highest BCUT2D eigenvalue weighted by molar-refractivity contribution is 5.94. The van der Waals surface area contributed by atoms with Crippen LogP contribution in [0.15, 0.2) is 28.8 Å². The number of ether oxygens (including phenoxy) is 2. The van der Waals surface area contributed by atoms with Crippen LogP contribution < -0.4 is 4.74 Å². The molecule has 1 aliphatic heterocycles. The molecule has 0 unspecified atom stereocenters. The lowest BCUT2D eigenvalue weighted by molar-refractivity contribution is -0.156. The maximum Gasteiger partial charge on any atom is 0.246 e. The number of hydrogen-bond donors (Lipinski definition) is 0. The van der Waals surface area contributed by atoms with E-state index >= 15 is 0 Å². The van der Waals surface area contributed by atoms with Gasteiger partial charge in [-0.3, -0.25) is 9.59 Å². The Bertz CT molecular complexity index is 820. The second-order valence-corrected chi connectivity index (χ2v) is 6.59. The third-order valence-electron chi connectivity index (χ3n) is 4.66. The van der Waals surface area contributed by atoms with Gasteiger partial charge in [0.15, 0.2) is 5.82 Å². The monoisotopic (exact) mass is 388 g/mol. The second kappa shape index (κ2) is 8.83. The summed E-state index contributed by atoms with van der Waals surface area (Å²) in [5.41, 5.74) is 0.933. The first kappa shape index (κ1) is 19.8. The third kappa shape index (κ3) is 4.48. The van der Waals surface area contributed by atoms with Gasteiger partial charge in [-0.1, -0.05) is 17.3 Å². The lowest BCUT2D eigenvalue weighted by Crippen LogP contribution is -2.58. The van der Waals surface area contributed by atoms with Gasteiger partial charge in [-0.05, 0) is 24.6 Å². The Hall–Kier alpha value is -2.94. The van der Waals surface area contributed by atoms with Gasteiger partial charge in [0.05, 0.1) is 13.7 Å². The number of piperazine rings is 1. The normalized spacial score (nSPS) is 17.3. The van der Waals surface area contributed by atoms with E-state index in [1.54, 1.807) is 26.0 Å². The molecular formula is C19H24N4O5. The Morgan fingerprint density at radius 1 is 1.18 bits per heavy atom. The Kier molecular flexibility index (Phi) is 6.25. The summed E-state index contributed by atoms with van der Waals surface area (Å²) in [6.07, 6.45) is 0.526. The summed E-state index contributed by atoms with van der Waals surface area (Å²) in [6.45, 7) is 2.69. The minimum absolute atomic E-state index is 0.0138. The highest BCUT2D eigenvalue weighted by Crippen LogP contribution is 2.19. The van der Waals surface area contributed by atoms with E-state index in [9.17, 15) is 9.59 Å². The predicted molar refractivity (Wildman–Crippen MR) is 98.3 cm³/mol. The summed E-state index contributed by atoms with van der Waals surface area (Å²) in [7, 11) is 3.19. The van der Waals surface area contributed by atoms with Gasteiger partial charge in [-0.25, -0.2) is 0 Å². The first-order chi connectivity index (χ1) is 13.5. The van der Waals surface area contributed by atoms with E-state index in [-0.39, 0.29) is 24.9 Å². The molecule has 28 heavy (non-hydrogen) atoms. The number of benzene rings is 1. The number of carbonyl (C=O) groups is 2. The number of rotatable bonds is 8. The number of carbonyl (C=O) groups excluding carboxylic acids is 2. The molecule has 150 valence electrons. The summed E-state index contributed by atoms with van der Waals surface area (Å²) in [5, 5.41) is 3.86. The standard InChI is InChI=1S/C19H24N4O5/c1-13-19(25)22(10-14-4-6-15(27-3)7-5-14)12-18(24)23(13)11-17-20-16(21-28-17)8-9-26-2/h4-7,13H,8-12H2,1-3H3/t13-/m0/s1. The zero-order chi connectivity index (χ0) is 20.1. The van der Waals surface area contributed by atoms with Crippen molar-refractivity contribution in [2.45, 2.75) is 32.5 Å². The van der Waals surface area contributed by atoms with Gasteiger partial charge < -0.3 is 23.8 Å². The lowest BCUT2D eigenvalue weighted by atomic mass is 10.1. The third-order valence-corrected chi connectivity index (χ3v) is 4.66. The van der Waals surface area contributed by atoms with Crippen LogP contribution in [0.4, 0.5) is 0 Å². The number of methoxy groups -OCH3 is 2. The van der Waals surface area contributed by atoms with Gasteiger partial charge in [-0.15, -0.1) is 0 Å². The molecule has 2 amide bonds. The summed E-state index contributed by atoms with van der Waals surface area (Å²) in [5.74, 6) is 1.30. The summed E-state index contributed by atoms with van der Waals surface area (Å²) >= 11 is 0. The molecule has 2 aromatic rings. The van der Waals surface area contributed by atoms with Crippen LogP contribution in [0.2, 0.25) is 0 Å². The largest absolute Gasteiger partial charge is 0.497 e. The molecular weight excluding hydrogens is 364 g/mol. The Morgan fingerprint density at radius 2 is 1.93 bits per heavy atom. The van der Waals surface area contributed by atoms with E-state index in [4.69, 9.17) is 14.0 Å². The fourth-order valence-electron chi connectivity index (χ4n) is 3.05. The summed E-state index contributed by atoms with van der Waals surface area (Å²) in [4.78, 5) is 32.7. The van der Waals surface area contributed by atoms with Crippen molar-refractivity contribution < 1.29 is 23.6 Å². The zero-order valence-corrected chi connectivity index (χ0v) is 16.3. The fourth-order valence-corrected chi connectivity index (χ4v) is 3.05. The smallest absolute Gasteiger partial charge is 0.246 e. The lowest BCUT2D eigenvalue weighted by Gasteiger charge is -2.38. The summed E-state index contributed by atoms with van der Waals surface area (Å²) < 4.78 is 15.3. The zero-order valence-electron chi connectivity index (χ0n) is 16.3. The van der Waals surface area contributed by atoms with Crippen molar-refractivity contribution in [3.05, 3.63) is 41.5 Å². The van der Waals surface area contributed by atoms with Crippen LogP contribution in [0.5, 0.6) is 5.75 Å². The van der Waals surface area contributed by atoms with Gasteiger partial charge in [0.2, 0.25) is 17.7 Å². The average Bonchev–Trinajstić information content (AvgIpc) is 3.15. The van der Waals surface area contributed by atoms with Gasteiger partial charge >= 0.3 is 0 Å². The quantitative estimate of drug-likeness (QED) is 0.666. The maximum atomic E-state index is 12.8. The van der Waals surface area contributed by atoms with E-state index in [0.29, 0.717) is 31.3 Å². The average molecular weight is 388 g/mol. The van der Waals surface area contributed by atoms with Gasteiger partial charge in [0, 0.05) is 20.1 Å². The highest BCUT2D eigenvalue weighted by Gasteiger charge is 2.37. The first-order valence-corrected chi connectivity index (χ1v) is 9.03. The Morgan fingerprint density at radius 3 is 2.61 bits per heavy atom. The van der Waals surface area contributed by atoms with Gasteiger partial charge in [0.25, 0.3) is 0 Å². The number of nitrogens with zero attached hydrogens (tertiary/aromatic N) is 4. The maximum absolute atomic E-state index is 12.8. The molecule has 1 fully saturated rings. The van der Waals surface area contributed by atoms with Gasteiger partial charge in [-0.2, -0.15) is 4.98 Å². The van der Waals surface area contributed by atoms with Crippen molar-refractivity contribution in [3.8, 4) is 5.75 Å². The van der Waals surface area contributed by atoms with E-state index in [1.165, 1.54) is 4.90 Å². The van der Waals surface area contributed by atoms with E-state index < -0.39 is 6.04 Å². The molecule has 1 saturated heterocycles. The van der Waals surface area contributed by atoms with Crippen molar-refractivity contribution >= 4 is 11.8 Å². The molecule has 1 aromatic carbocycles. The SMILES string of the molecule is COCCc1noc(CN2C(=O)CN(Cc3ccc(OC)cc3)C(=O)[C@@H]2C)n1. The first-order valence-electron chi connectivity index (χ1n) is 9.03. The van der Waals surface area contributed by atoms with Crippen LogP contribution in [0.3, 0.4) is 0 Å². The number of amides is 2. The molecule has 3 rings (SSSR count). The van der Waals surface area contributed by atoms with Gasteiger partial charge in [0.1, 0.15) is 24.9 Å². The van der Waals surface area contributed by atoms with Crippen LogP contribution in [0.25, 0.3) is 0 Å². The molecule has 1 aromatic heterocycles. The molecule has 0 saturated carbocycles. The minimum atomic E-state index is -0.603. The van der Waals surface area contributed by atoms with E-state index in [2.05, 4.69) is 10.1 Å². The molecule has 9 heteroatoms. The highest BCUT2D eigenvalue weighted by atomic mass is 16.5. The predicted octanol–water partition coefficient (Wildman–Crippen LogP) is 1.03. The molecule has 0 spiro atoms. The molecule has 2 heterocycles. The molecule has 0 bridgehead atoms. The topological polar surface area (TPSA) is 98.0 Å². The number of hydrogen-bond acceptors (Lipinski definition) is 7. The van der Waals surface area contributed by atoms with Crippen molar-refractivity contribution in [2.24, 2.45) is 0 Å². The van der Waals surface area contributed by atoms with Crippen LogP contribution in [0.1, 0.15) is 24.2 Å². The van der Waals surface area contributed by atoms with Crippen LogP contribution in [-0.2, 0) is 33.8 Å². The molecule has 0 N–H and O–H groups in total. The Balaban J connectivity index is 1.63. The fraction of sp³-hybridized carbons (Fsp3) is 0.474. The van der Waals surface area contributed by atoms with E-state index in [1.807, 2.05) is 24.3 Å². The van der Waals surface area contributed by atoms with Crippen LogP contribution in [0, 0.1) is 0 Å². The van der Waals surface area contributed by atoms with Crippen molar-refractivity contribution in [3.63, 3.8) is 0 Å². The van der Waals surface area contributed by atoms with Crippen molar-refractivity contribution in [1.29, 1.82) is 0 Å². The molecule has 1 aliphatic rings.